The number of hydrogen-bond acceptors (Lipinski definition) is 3. The van der Waals surface area contributed by atoms with Gasteiger partial charge in [0, 0.05) is 31.3 Å². The van der Waals surface area contributed by atoms with E-state index in [2.05, 4.69) is 17.9 Å². The lowest BCUT2D eigenvalue weighted by atomic mass is 9.97. The Labute approximate surface area is 120 Å². The molecule has 0 aliphatic carbocycles. The number of piperidine rings is 1. The van der Waals surface area contributed by atoms with Gasteiger partial charge in [0.25, 0.3) is 0 Å². The summed E-state index contributed by atoms with van der Waals surface area (Å²) in [6.45, 7) is 4.77. The molecule has 1 aromatic rings. The fourth-order valence-corrected chi connectivity index (χ4v) is 3.15. The van der Waals surface area contributed by atoms with Gasteiger partial charge in [-0.1, -0.05) is 17.7 Å². The Morgan fingerprint density at radius 2 is 2.32 bits per heavy atom. The van der Waals surface area contributed by atoms with E-state index in [1.165, 1.54) is 17.5 Å². The highest BCUT2D eigenvalue weighted by molar-refractivity contribution is 6.30. The number of ether oxygens (including phenoxy) is 1. The van der Waals surface area contributed by atoms with Crippen LogP contribution in [0.5, 0.6) is 0 Å². The van der Waals surface area contributed by atoms with Gasteiger partial charge in [-0.15, -0.1) is 0 Å². The van der Waals surface area contributed by atoms with Crippen molar-refractivity contribution in [2.75, 3.05) is 26.7 Å². The summed E-state index contributed by atoms with van der Waals surface area (Å²) in [6, 6.07) is 6.32. The van der Waals surface area contributed by atoms with Crippen LogP contribution in [-0.2, 0) is 4.74 Å². The first-order valence-electron chi connectivity index (χ1n) is 6.88. The molecule has 0 amide bonds. The molecular weight excluding hydrogens is 260 g/mol. The Hall–Kier alpha value is -0.610. The third-order valence-corrected chi connectivity index (χ3v) is 4.23. The van der Waals surface area contributed by atoms with Crippen molar-refractivity contribution in [2.24, 2.45) is 5.73 Å². The smallest absolute Gasteiger partial charge is 0.0698 e. The topological polar surface area (TPSA) is 38.5 Å². The highest BCUT2D eigenvalue weighted by atomic mass is 35.5. The number of aryl methyl sites for hydroxylation is 1. The van der Waals surface area contributed by atoms with Crippen LogP contribution in [0.4, 0.5) is 0 Å². The van der Waals surface area contributed by atoms with Crippen LogP contribution >= 0.6 is 11.6 Å². The average Bonchev–Trinajstić information content (AvgIpc) is 2.42. The highest BCUT2D eigenvalue weighted by Gasteiger charge is 2.26. The molecule has 1 aliphatic heterocycles. The van der Waals surface area contributed by atoms with E-state index in [-0.39, 0.29) is 6.04 Å². The molecule has 4 heteroatoms. The number of rotatable bonds is 4. The summed E-state index contributed by atoms with van der Waals surface area (Å²) in [4.78, 5) is 2.44. The van der Waals surface area contributed by atoms with Crippen LogP contribution in [0.25, 0.3) is 0 Å². The molecule has 1 aliphatic rings. The Kier molecular flexibility index (Phi) is 5.22. The monoisotopic (exact) mass is 282 g/mol. The summed E-state index contributed by atoms with van der Waals surface area (Å²) in [5.74, 6) is 0. The highest BCUT2D eigenvalue weighted by Crippen LogP contribution is 2.28. The maximum atomic E-state index is 6.03. The zero-order chi connectivity index (χ0) is 13.8. The second kappa shape index (κ2) is 6.71. The average molecular weight is 283 g/mol. The number of benzene rings is 1. The summed E-state index contributed by atoms with van der Waals surface area (Å²) in [5.41, 5.74) is 8.51. The second-order valence-electron chi connectivity index (χ2n) is 5.25. The van der Waals surface area contributed by atoms with E-state index < -0.39 is 0 Å². The van der Waals surface area contributed by atoms with E-state index in [0.717, 1.165) is 24.5 Å². The number of halogens is 1. The van der Waals surface area contributed by atoms with Crippen molar-refractivity contribution >= 4 is 11.6 Å². The molecule has 1 saturated heterocycles. The molecule has 19 heavy (non-hydrogen) atoms. The van der Waals surface area contributed by atoms with Gasteiger partial charge in [0.15, 0.2) is 0 Å². The minimum atomic E-state index is 0.259. The molecule has 1 aromatic carbocycles. The van der Waals surface area contributed by atoms with Gasteiger partial charge in [0.05, 0.1) is 6.10 Å². The lowest BCUT2D eigenvalue weighted by molar-refractivity contribution is 0.0154. The minimum Gasteiger partial charge on any atom is -0.380 e. The number of hydrogen-bond donors (Lipinski definition) is 1. The van der Waals surface area contributed by atoms with E-state index >= 15 is 0 Å². The Morgan fingerprint density at radius 3 is 2.95 bits per heavy atom. The maximum absolute atomic E-state index is 6.03. The molecule has 2 rings (SSSR count). The van der Waals surface area contributed by atoms with Gasteiger partial charge >= 0.3 is 0 Å². The Morgan fingerprint density at radius 1 is 1.53 bits per heavy atom. The van der Waals surface area contributed by atoms with Crippen molar-refractivity contribution in [1.29, 1.82) is 0 Å². The van der Waals surface area contributed by atoms with Crippen LogP contribution in [0.15, 0.2) is 18.2 Å². The van der Waals surface area contributed by atoms with Gasteiger partial charge in [-0.2, -0.15) is 0 Å². The molecule has 1 heterocycles. The van der Waals surface area contributed by atoms with Crippen LogP contribution in [0, 0.1) is 6.92 Å². The summed E-state index contributed by atoms with van der Waals surface area (Å²) in [5, 5.41) is 0.783. The SMILES string of the molecule is COC1CCCN(C(CN)c2ccc(Cl)cc2C)C1. The van der Waals surface area contributed by atoms with E-state index in [1.54, 1.807) is 7.11 Å². The van der Waals surface area contributed by atoms with Crippen LogP contribution in [0.3, 0.4) is 0 Å². The molecular formula is C15H23ClN2O. The first kappa shape index (κ1) is 14.8. The molecule has 3 nitrogen and oxygen atoms in total. The molecule has 1 fully saturated rings. The fourth-order valence-electron chi connectivity index (χ4n) is 2.93. The molecule has 2 atom stereocenters. The van der Waals surface area contributed by atoms with Gasteiger partial charge < -0.3 is 10.5 Å². The summed E-state index contributed by atoms with van der Waals surface area (Å²) >= 11 is 6.03. The van der Waals surface area contributed by atoms with Crippen molar-refractivity contribution in [3.8, 4) is 0 Å². The van der Waals surface area contributed by atoms with E-state index in [1.807, 2.05) is 12.1 Å². The Balaban J connectivity index is 2.19. The van der Waals surface area contributed by atoms with Gasteiger partial charge in [-0.3, -0.25) is 4.90 Å². The van der Waals surface area contributed by atoms with Crippen molar-refractivity contribution in [3.63, 3.8) is 0 Å². The number of methoxy groups -OCH3 is 1. The van der Waals surface area contributed by atoms with Crippen LogP contribution in [0.1, 0.15) is 30.0 Å². The predicted octanol–water partition coefficient (Wildman–Crippen LogP) is 2.76. The largest absolute Gasteiger partial charge is 0.380 e. The molecule has 0 spiro atoms. The predicted molar refractivity (Wildman–Crippen MR) is 79.6 cm³/mol. The molecule has 0 radical (unpaired) electrons. The molecule has 2 N–H and O–H groups in total. The van der Waals surface area contributed by atoms with Gasteiger partial charge in [-0.25, -0.2) is 0 Å². The first-order chi connectivity index (χ1) is 9.15. The minimum absolute atomic E-state index is 0.259. The van der Waals surface area contributed by atoms with E-state index in [9.17, 15) is 0 Å². The zero-order valence-electron chi connectivity index (χ0n) is 11.7. The van der Waals surface area contributed by atoms with Crippen molar-refractivity contribution < 1.29 is 4.74 Å². The molecule has 0 saturated carbocycles. The maximum Gasteiger partial charge on any atom is 0.0698 e. The molecule has 0 aromatic heterocycles. The van der Waals surface area contributed by atoms with Crippen LogP contribution < -0.4 is 5.73 Å². The third-order valence-electron chi connectivity index (χ3n) is 4.00. The number of nitrogens with two attached hydrogens (primary N) is 1. The lowest BCUT2D eigenvalue weighted by Gasteiger charge is -2.38. The second-order valence-corrected chi connectivity index (χ2v) is 5.68. The van der Waals surface area contributed by atoms with E-state index in [4.69, 9.17) is 22.1 Å². The summed E-state index contributed by atoms with van der Waals surface area (Å²) in [6.07, 6.45) is 2.64. The summed E-state index contributed by atoms with van der Waals surface area (Å²) in [7, 11) is 1.79. The normalized spacial score (nSPS) is 22.4. The van der Waals surface area contributed by atoms with Crippen LogP contribution in [0.2, 0.25) is 5.02 Å². The third kappa shape index (κ3) is 3.48. The lowest BCUT2D eigenvalue weighted by Crippen LogP contribution is -2.43. The number of nitrogens with zero attached hydrogens (tertiary/aromatic N) is 1. The molecule has 106 valence electrons. The molecule has 0 bridgehead atoms. The van der Waals surface area contributed by atoms with E-state index in [0.29, 0.717) is 12.6 Å². The van der Waals surface area contributed by atoms with Gasteiger partial charge in [0.1, 0.15) is 0 Å². The first-order valence-corrected chi connectivity index (χ1v) is 7.26. The fraction of sp³-hybridized carbons (Fsp3) is 0.600. The Bertz CT molecular complexity index is 425. The van der Waals surface area contributed by atoms with Crippen LogP contribution in [-0.4, -0.2) is 37.7 Å². The summed E-state index contributed by atoms with van der Waals surface area (Å²) < 4.78 is 5.50. The number of likely N-dealkylation sites (tertiary alicyclic amines) is 1. The standard InChI is InChI=1S/C15H23ClN2O/c1-11-8-12(16)5-6-14(11)15(9-17)18-7-3-4-13(10-18)19-2/h5-6,8,13,15H,3-4,7,9-10,17H2,1-2H3. The van der Waals surface area contributed by atoms with Crippen molar-refractivity contribution in [2.45, 2.75) is 31.9 Å². The van der Waals surface area contributed by atoms with Crippen molar-refractivity contribution in [1.82, 2.24) is 4.90 Å². The zero-order valence-corrected chi connectivity index (χ0v) is 12.5. The quantitative estimate of drug-likeness (QED) is 0.923. The molecule has 2 unspecified atom stereocenters. The van der Waals surface area contributed by atoms with Gasteiger partial charge in [-0.05, 0) is 49.6 Å². The van der Waals surface area contributed by atoms with Gasteiger partial charge in [0.2, 0.25) is 0 Å². The van der Waals surface area contributed by atoms with Crippen molar-refractivity contribution in [3.05, 3.63) is 34.3 Å².